The Labute approximate surface area is 219 Å². The van der Waals surface area contributed by atoms with Gasteiger partial charge in [0, 0.05) is 36.4 Å². The Morgan fingerprint density at radius 3 is 2.41 bits per heavy atom. The van der Waals surface area contributed by atoms with Crippen molar-refractivity contribution in [1.82, 2.24) is 4.90 Å². The number of thiophene rings is 1. The lowest BCUT2D eigenvalue weighted by Crippen LogP contribution is -2.38. The highest BCUT2D eigenvalue weighted by Crippen LogP contribution is 2.41. The number of fused-ring (bicyclic) bond motifs is 1. The minimum absolute atomic E-state index is 0.0556. The molecule has 0 amide bonds. The minimum Gasteiger partial charge on any atom is -0.416 e. The predicted octanol–water partition coefficient (Wildman–Crippen LogP) is 5.13. The number of ketones is 1. The molecule has 37 heavy (non-hydrogen) atoms. The van der Waals surface area contributed by atoms with Crippen LogP contribution in [0.15, 0.2) is 59.5 Å². The lowest BCUT2D eigenvalue weighted by molar-refractivity contribution is -0.131. The molecule has 10 heteroatoms. The van der Waals surface area contributed by atoms with E-state index in [0.29, 0.717) is 23.7 Å². The molecular formula is C27H28FNO6S2. The van der Waals surface area contributed by atoms with Crippen LogP contribution in [-0.2, 0) is 32.7 Å². The Hall–Kier alpha value is -2.92. The highest BCUT2D eigenvalue weighted by molar-refractivity contribution is 7.85. The fraction of sp³-hybridized carbons (Fsp3) is 0.333. The van der Waals surface area contributed by atoms with Gasteiger partial charge in [-0.3, -0.25) is 19.0 Å². The smallest absolute Gasteiger partial charge is 0.308 e. The molecule has 1 N–H and O–H groups in total. The monoisotopic (exact) mass is 545 g/mol. The Bertz CT molecular complexity index is 1400. The van der Waals surface area contributed by atoms with Crippen LogP contribution in [0.5, 0.6) is 5.06 Å². The number of nitrogens with zero attached hydrogens (tertiary/aromatic N) is 1. The second kappa shape index (κ2) is 11.2. The SMILES string of the molecule is CC(=O)Oc1cc2c(s1)CCN(C(C(=O)C1CC1)c1ccccc1F)C2.Cc1ccc(S(=O)(=O)O)cc1. The van der Waals surface area contributed by atoms with E-state index >= 15 is 0 Å². The highest BCUT2D eigenvalue weighted by atomic mass is 32.2. The fourth-order valence-corrected chi connectivity index (χ4v) is 5.80. The van der Waals surface area contributed by atoms with Crippen LogP contribution in [-0.4, -0.2) is 36.2 Å². The summed E-state index contributed by atoms with van der Waals surface area (Å²) in [6, 6.07) is 13.9. The molecule has 2 heterocycles. The molecule has 0 radical (unpaired) electrons. The highest BCUT2D eigenvalue weighted by Gasteiger charge is 2.40. The standard InChI is InChI=1S/C20H20FNO3S.C7H8O3S/c1-12(23)25-18-10-14-11-22(9-8-17(14)26-18)19(20(24)13-6-7-13)15-4-2-3-5-16(15)21;1-6-2-4-7(5-3-6)11(8,9)10/h2-5,10,13,19H,6-9,11H2,1H3;2-5H,1H3,(H,8,9,10). The van der Waals surface area contributed by atoms with Gasteiger partial charge in [-0.1, -0.05) is 35.9 Å². The summed E-state index contributed by atoms with van der Waals surface area (Å²) >= 11 is 1.47. The van der Waals surface area contributed by atoms with Gasteiger partial charge in [-0.2, -0.15) is 8.42 Å². The molecule has 1 fully saturated rings. The summed E-state index contributed by atoms with van der Waals surface area (Å²) in [4.78, 5) is 27.3. The average Bonchev–Trinajstić information content (AvgIpc) is 3.60. The van der Waals surface area contributed by atoms with Crippen molar-refractivity contribution in [3.8, 4) is 5.06 Å². The summed E-state index contributed by atoms with van der Waals surface area (Å²) in [7, 11) is -4.02. The number of carbonyl (C=O) groups is 2. The topological polar surface area (TPSA) is 101 Å². The Morgan fingerprint density at radius 2 is 1.81 bits per heavy atom. The number of ether oxygens (including phenoxy) is 1. The molecule has 0 saturated heterocycles. The number of carbonyl (C=O) groups excluding carboxylic acids is 2. The summed E-state index contributed by atoms with van der Waals surface area (Å²) in [5.74, 6) is -0.495. The maximum absolute atomic E-state index is 14.4. The number of esters is 1. The van der Waals surface area contributed by atoms with Gasteiger partial charge in [-0.15, -0.1) is 11.3 Å². The normalized spacial score (nSPS) is 16.2. The predicted molar refractivity (Wildman–Crippen MR) is 138 cm³/mol. The summed E-state index contributed by atoms with van der Waals surface area (Å²) < 4.78 is 49.2. The van der Waals surface area contributed by atoms with Crippen LogP contribution < -0.4 is 4.74 Å². The summed E-state index contributed by atoms with van der Waals surface area (Å²) in [5.41, 5.74) is 2.48. The molecule has 1 aliphatic carbocycles. The number of benzene rings is 2. The molecule has 2 aliphatic rings. The first kappa shape index (κ1) is 27.1. The summed E-state index contributed by atoms with van der Waals surface area (Å²) in [6.45, 7) is 4.47. The van der Waals surface area contributed by atoms with Crippen LogP contribution >= 0.6 is 11.3 Å². The van der Waals surface area contributed by atoms with Crippen LogP contribution in [0, 0.1) is 18.7 Å². The molecule has 5 rings (SSSR count). The molecule has 1 atom stereocenters. The van der Waals surface area contributed by atoms with E-state index in [4.69, 9.17) is 9.29 Å². The minimum atomic E-state index is -4.02. The first-order valence-electron chi connectivity index (χ1n) is 11.9. The third-order valence-corrected chi connectivity index (χ3v) is 8.23. The van der Waals surface area contributed by atoms with E-state index in [0.717, 1.165) is 30.4 Å². The summed E-state index contributed by atoms with van der Waals surface area (Å²) in [6.07, 6.45) is 2.57. The number of Topliss-reactive ketones (excluding diaryl/α,β-unsaturated/α-hetero) is 1. The molecule has 2 aromatic carbocycles. The van der Waals surface area contributed by atoms with Gasteiger partial charge in [0.15, 0.2) is 10.8 Å². The average molecular weight is 546 g/mol. The molecule has 7 nitrogen and oxygen atoms in total. The second-order valence-corrected chi connectivity index (χ2v) is 11.7. The largest absolute Gasteiger partial charge is 0.416 e. The Balaban J connectivity index is 0.000000245. The van der Waals surface area contributed by atoms with Crippen molar-refractivity contribution in [2.45, 2.75) is 50.6 Å². The number of hydrogen-bond acceptors (Lipinski definition) is 7. The number of halogens is 1. The number of hydrogen-bond donors (Lipinski definition) is 1. The van der Waals surface area contributed by atoms with Crippen molar-refractivity contribution >= 4 is 33.2 Å². The third-order valence-electron chi connectivity index (χ3n) is 6.25. The first-order valence-corrected chi connectivity index (χ1v) is 14.1. The zero-order chi connectivity index (χ0) is 26.7. The summed E-state index contributed by atoms with van der Waals surface area (Å²) in [5, 5.41) is 0.584. The van der Waals surface area contributed by atoms with Crippen LogP contribution in [0.2, 0.25) is 0 Å². The number of rotatable bonds is 6. The maximum atomic E-state index is 14.4. The Morgan fingerprint density at radius 1 is 1.14 bits per heavy atom. The molecule has 3 aromatic rings. The third kappa shape index (κ3) is 6.89. The van der Waals surface area contributed by atoms with Crippen molar-refractivity contribution in [3.05, 3.63) is 82.0 Å². The van der Waals surface area contributed by atoms with Crippen LogP contribution in [0.3, 0.4) is 0 Å². The van der Waals surface area contributed by atoms with E-state index in [1.54, 1.807) is 30.3 Å². The lowest BCUT2D eigenvalue weighted by atomic mass is 9.95. The van der Waals surface area contributed by atoms with Crippen molar-refractivity contribution in [3.63, 3.8) is 0 Å². The molecule has 1 saturated carbocycles. The van der Waals surface area contributed by atoms with Gasteiger partial charge < -0.3 is 4.74 Å². The Kier molecular flexibility index (Phi) is 8.23. The van der Waals surface area contributed by atoms with Crippen molar-refractivity contribution in [1.29, 1.82) is 0 Å². The van der Waals surface area contributed by atoms with Gasteiger partial charge in [-0.05, 0) is 56.0 Å². The van der Waals surface area contributed by atoms with E-state index in [1.165, 1.54) is 41.3 Å². The van der Waals surface area contributed by atoms with Gasteiger partial charge in [0.2, 0.25) is 0 Å². The van der Waals surface area contributed by atoms with E-state index in [9.17, 15) is 22.4 Å². The van der Waals surface area contributed by atoms with E-state index < -0.39 is 16.2 Å². The molecule has 0 bridgehead atoms. The molecule has 0 spiro atoms. The zero-order valence-corrected chi connectivity index (χ0v) is 22.1. The van der Waals surface area contributed by atoms with E-state index in [2.05, 4.69) is 4.90 Å². The van der Waals surface area contributed by atoms with E-state index in [-0.39, 0.29) is 28.4 Å². The molecule has 1 unspecified atom stereocenters. The maximum Gasteiger partial charge on any atom is 0.308 e. The first-order chi connectivity index (χ1) is 17.5. The van der Waals surface area contributed by atoms with E-state index in [1.807, 2.05) is 13.0 Å². The fourth-order valence-electron chi connectivity index (χ4n) is 4.27. The zero-order valence-electron chi connectivity index (χ0n) is 20.5. The van der Waals surface area contributed by atoms with Crippen LogP contribution in [0.1, 0.15) is 47.4 Å². The van der Waals surface area contributed by atoms with Crippen molar-refractivity contribution < 1.29 is 31.7 Å². The van der Waals surface area contributed by atoms with Gasteiger partial charge in [0.1, 0.15) is 5.82 Å². The molecular weight excluding hydrogens is 517 g/mol. The molecule has 196 valence electrons. The van der Waals surface area contributed by atoms with Crippen molar-refractivity contribution in [2.75, 3.05) is 6.54 Å². The number of aryl methyl sites for hydroxylation is 1. The van der Waals surface area contributed by atoms with Gasteiger partial charge in [0.05, 0.1) is 10.9 Å². The van der Waals surface area contributed by atoms with Gasteiger partial charge >= 0.3 is 5.97 Å². The van der Waals surface area contributed by atoms with Gasteiger partial charge in [-0.25, -0.2) is 4.39 Å². The second-order valence-electron chi connectivity index (χ2n) is 9.22. The van der Waals surface area contributed by atoms with Gasteiger partial charge in [0.25, 0.3) is 10.1 Å². The molecule has 1 aliphatic heterocycles. The lowest BCUT2D eigenvalue weighted by Gasteiger charge is -2.34. The van der Waals surface area contributed by atoms with Crippen LogP contribution in [0.4, 0.5) is 4.39 Å². The molecule has 1 aromatic heterocycles. The van der Waals surface area contributed by atoms with Crippen molar-refractivity contribution in [2.24, 2.45) is 5.92 Å². The van der Waals surface area contributed by atoms with Crippen LogP contribution in [0.25, 0.3) is 0 Å². The quantitative estimate of drug-likeness (QED) is 0.338.